The molecule has 0 aromatic carbocycles. The van der Waals surface area contributed by atoms with Crippen LogP contribution in [0, 0.1) is 11.3 Å². The summed E-state index contributed by atoms with van der Waals surface area (Å²) in [5, 5.41) is 12.2. The van der Waals surface area contributed by atoms with Gasteiger partial charge in [0.05, 0.1) is 12.3 Å². The Labute approximate surface area is 220 Å². The van der Waals surface area contributed by atoms with Crippen molar-refractivity contribution in [2.75, 3.05) is 30.4 Å². The van der Waals surface area contributed by atoms with Gasteiger partial charge in [-0.25, -0.2) is 14.8 Å². The van der Waals surface area contributed by atoms with E-state index in [-0.39, 0.29) is 30.1 Å². The third kappa shape index (κ3) is 5.31. The summed E-state index contributed by atoms with van der Waals surface area (Å²) in [6.07, 6.45) is 7.58. The first-order valence-electron chi connectivity index (χ1n) is 13.0. The Morgan fingerprint density at radius 2 is 2.13 bits per heavy atom. The molecule has 3 aliphatic rings. The highest BCUT2D eigenvalue weighted by molar-refractivity contribution is 6.01. The minimum Gasteiger partial charge on any atom is -0.489 e. The molecule has 198 valence electrons. The van der Waals surface area contributed by atoms with E-state index < -0.39 is 12.1 Å². The van der Waals surface area contributed by atoms with Crippen molar-refractivity contribution in [2.24, 2.45) is 0 Å². The Bertz CT molecular complexity index is 1280. The maximum absolute atomic E-state index is 13.3. The van der Waals surface area contributed by atoms with Gasteiger partial charge in [-0.05, 0) is 56.6 Å². The van der Waals surface area contributed by atoms with Crippen LogP contribution in [0.4, 0.5) is 16.4 Å². The predicted molar refractivity (Wildman–Crippen MR) is 137 cm³/mol. The van der Waals surface area contributed by atoms with Gasteiger partial charge >= 0.3 is 6.03 Å². The zero-order valence-corrected chi connectivity index (χ0v) is 21.3. The van der Waals surface area contributed by atoms with E-state index in [4.69, 9.17) is 9.47 Å². The van der Waals surface area contributed by atoms with Crippen LogP contribution in [0.15, 0.2) is 18.3 Å². The second kappa shape index (κ2) is 11.1. The molecule has 3 amide bonds. The van der Waals surface area contributed by atoms with Crippen molar-refractivity contribution in [3.05, 3.63) is 40.7 Å². The Morgan fingerprint density at radius 1 is 1.29 bits per heavy atom. The van der Waals surface area contributed by atoms with Crippen molar-refractivity contribution in [1.82, 2.24) is 14.9 Å². The highest BCUT2D eigenvalue weighted by Crippen LogP contribution is 2.31. The number of aldehydes is 1. The van der Waals surface area contributed by atoms with Gasteiger partial charge in [0, 0.05) is 38.4 Å². The maximum atomic E-state index is 13.3. The fourth-order valence-electron chi connectivity index (χ4n) is 4.87. The summed E-state index contributed by atoms with van der Waals surface area (Å²) in [5.41, 5.74) is 1.95. The molecule has 1 aliphatic carbocycles. The quantitative estimate of drug-likeness (QED) is 0.552. The van der Waals surface area contributed by atoms with Crippen LogP contribution in [0.25, 0.3) is 0 Å². The lowest BCUT2D eigenvalue weighted by atomic mass is 9.96. The van der Waals surface area contributed by atoms with E-state index in [1.165, 1.54) is 11.1 Å². The Hall–Kier alpha value is -4.04. The number of carbonyl (C=O) groups is 3. The number of nitrogens with zero attached hydrogens (tertiary/aromatic N) is 5. The van der Waals surface area contributed by atoms with Crippen LogP contribution in [-0.4, -0.2) is 65.5 Å². The van der Waals surface area contributed by atoms with Gasteiger partial charge in [-0.1, -0.05) is 0 Å². The number of likely N-dealkylation sites (N-methyl/N-ethyl adjacent to an activating group) is 1. The molecule has 4 heterocycles. The second-order valence-corrected chi connectivity index (χ2v) is 9.86. The number of rotatable bonds is 7. The minimum atomic E-state index is -0.445. The lowest BCUT2D eigenvalue weighted by molar-refractivity contribution is -0.140. The van der Waals surface area contributed by atoms with Crippen LogP contribution in [-0.2, 0) is 22.5 Å². The van der Waals surface area contributed by atoms with Gasteiger partial charge in [0.15, 0.2) is 6.29 Å². The standard InChI is InChI=1S/C27H30N6O5/c1-32(26(35)22-8-4-10-37-22)15-18-11-17-5-3-9-33(25(17)30-21(18)16-34)27(36)31-24-12-23(19(13-28)14-29-24)38-20-6-2-7-20/h11-12,14,16,20,22H,2-10,15H2,1H3,(H,29,31,36). The molecule has 2 aromatic rings. The van der Waals surface area contributed by atoms with Crippen LogP contribution in [0.5, 0.6) is 5.75 Å². The predicted octanol–water partition coefficient (Wildman–Crippen LogP) is 3.21. The number of anilines is 2. The number of ether oxygens (including phenoxy) is 2. The molecule has 11 nitrogen and oxygen atoms in total. The zero-order valence-electron chi connectivity index (χ0n) is 21.3. The molecular weight excluding hydrogens is 488 g/mol. The van der Waals surface area contributed by atoms with Gasteiger partial charge in [-0.3, -0.25) is 19.8 Å². The van der Waals surface area contributed by atoms with E-state index in [2.05, 4.69) is 21.4 Å². The molecule has 0 spiro atoms. The molecule has 2 aliphatic heterocycles. The molecule has 2 aromatic heterocycles. The van der Waals surface area contributed by atoms with Crippen LogP contribution < -0.4 is 15.0 Å². The largest absolute Gasteiger partial charge is 0.489 e. The molecule has 1 N–H and O–H groups in total. The number of aryl methyl sites for hydroxylation is 1. The minimum absolute atomic E-state index is 0.0715. The summed E-state index contributed by atoms with van der Waals surface area (Å²) < 4.78 is 11.4. The number of fused-ring (bicyclic) bond motifs is 1. The lowest BCUT2D eigenvalue weighted by Crippen LogP contribution is -2.40. The molecule has 0 radical (unpaired) electrons. The summed E-state index contributed by atoms with van der Waals surface area (Å²) in [7, 11) is 1.69. The number of carbonyl (C=O) groups excluding carboxylic acids is 3. The Balaban J connectivity index is 1.33. The fourth-order valence-corrected chi connectivity index (χ4v) is 4.87. The SMILES string of the molecule is CN(Cc1cc2c(nc1C=O)N(C(=O)Nc1cc(OC3CCC3)c(C#N)cn1)CCC2)C(=O)C1CCCO1. The third-order valence-electron chi connectivity index (χ3n) is 7.19. The number of urea groups is 1. The molecule has 1 saturated carbocycles. The number of hydrogen-bond donors (Lipinski definition) is 1. The van der Waals surface area contributed by atoms with E-state index in [0.29, 0.717) is 61.4 Å². The van der Waals surface area contributed by atoms with Gasteiger partial charge in [0.2, 0.25) is 0 Å². The normalized spacial score (nSPS) is 18.6. The molecule has 11 heteroatoms. The average Bonchev–Trinajstić information content (AvgIpc) is 3.44. The van der Waals surface area contributed by atoms with Crippen LogP contribution in [0.3, 0.4) is 0 Å². The number of aromatic nitrogens is 2. The number of nitriles is 1. The highest BCUT2D eigenvalue weighted by atomic mass is 16.5. The fraction of sp³-hybridized carbons (Fsp3) is 0.481. The monoisotopic (exact) mass is 518 g/mol. The zero-order chi connectivity index (χ0) is 26.6. The molecule has 0 bridgehead atoms. The van der Waals surface area contributed by atoms with E-state index in [1.807, 2.05) is 6.07 Å². The summed E-state index contributed by atoms with van der Waals surface area (Å²) >= 11 is 0. The molecule has 5 rings (SSSR count). The van der Waals surface area contributed by atoms with Gasteiger partial charge in [0.1, 0.15) is 40.8 Å². The average molecular weight is 519 g/mol. The van der Waals surface area contributed by atoms with Gasteiger partial charge in [0.25, 0.3) is 5.91 Å². The summed E-state index contributed by atoms with van der Waals surface area (Å²) in [5.74, 6) is 0.951. The number of pyridine rings is 2. The topological polar surface area (TPSA) is 138 Å². The number of amides is 3. The van der Waals surface area contributed by atoms with Crippen molar-refractivity contribution >= 4 is 29.9 Å². The molecule has 1 saturated heterocycles. The van der Waals surface area contributed by atoms with Gasteiger partial charge in [-0.2, -0.15) is 5.26 Å². The number of hydrogen-bond acceptors (Lipinski definition) is 8. The van der Waals surface area contributed by atoms with Crippen molar-refractivity contribution in [3.63, 3.8) is 0 Å². The summed E-state index contributed by atoms with van der Waals surface area (Å²) in [6.45, 7) is 1.22. The van der Waals surface area contributed by atoms with E-state index >= 15 is 0 Å². The van der Waals surface area contributed by atoms with Crippen LogP contribution in [0.2, 0.25) is 0 Å². The van der Waals surface area contributed by atoms with E-state index in [0.717, 1.165) is 31.2 Å². The summed E-state index contributed by atoms with van der Waals surface area (Å²) in [6, 6.07) is 5.05. The lowest BCUT2D eigenvalue weighted by Gasteiger charge is -2.30. The first-order valence-corrected chi connectivity index (χ1v) is 13.0. The maximum Gasteiger partial charge on any atom is 0.328 e. The summed E-state index contributed by atoms with van der Waals surface area (Å²) in [4.78, 5) is 49.7. The first-order chi connectivity index (χ1) is 18.5. The molecule has 1 unspecified atom stereocenters. The molecule has 1 atom stereocenters. The van der Waals surface area contributed by atoms with Crippen LogP contribution >= 0.6 is 0 Å². The van der Waals surface area contributed by atoms with Crippen molar-refractivity contribution in [1.29, 1.82) is 5.26 Å². The van der Waals surface area contributed by atoms with E-state index in [1.54, 1.807) is 18.0 Å². The van der Waals surface area contributed by atoms with Crippen molar-refractivity contribution < 1.29 is 23.9 Å². The molecule has 2 fully saturated rings. The first kappa shape index (κ1) is 25.6. The third-order valence-corrected chi connectivity index (χ3v) is 7.19. The second-order valence-electron chi connectivity index (χ2n) is 9.86. The van der Waals surface area contributed by atoms with Gasteiger partial charge in [-0.15, -0.1) is 0 Å². The molecular formula is C27H30N6O5. The Morgan fingerprint density at radius 3 is 2.82 bits per heavy atom. The smallest absolute Gasteiger partial charge is 0.328 e. The Kier molecular flexibility index (Phi) is 7.51. The highest BCUT2D eigenvalue weighted by Gasteiger charge is 2.29. The van der Waals surface area contributed by atoms with Crippen molar-refractivity contribution in [3.8, 4) is 11.8 Å². The van der Waals surface area contributed by atoms with Crippen molar-refractivity contribution in [2.45, 2.75) is 63.7 Å². The molecule has 38 heavy (non-hydrogen) atoms. The number of nitrogens with one attached hydrogen (secondary N) is 1. The van der Waals surface area contributed by atoms with Gasteiger partial charge < -0.3 is 14.4 Å². The van der Waals surface area contributed by atoms with Crippen LogP contribution in [0.1, 0.15) is 65.7 Å². The van der Waals surface area contributed by atoms with E-state index in [9.17, 15) is 19.6 Å².